The molecule has 0 fully saturated rings. The van der Waals surface area contributed by atoms with Crippen molar-refractivity contribution in [1.82, 2.24) is 4.98 Å². The van der Waals surface area contributed by atoms with Crippen LogP contribution >= 0.6 is 11.8 Å². The number of anilines is 1. The molecule has 3 rings (SSSR count). The van der Waals surface area contributed by atoms with Crippen LogP contribution in [0.2, 0.25) is 0 Å². The number of oxazole rings is 1. The predicted octanol–water partition coefficient (Wildman–Crippen LogP) is 3.63. The SMILES string of the molecule is CCS(=O)(=O)c1ccc2oc(SCC(=O)Nc3c(F)cccc3F)nc2c1. The first kappa shape index (κ1) is 19.3. The summed E-state index contributed by atoms with van der Waals surface area (Å²) in [4.78, 5) is 16.2. The molecule has 0 spiro atoms. The number of benzene rings is 2. The summed E-state index contributed by atoms with van der Waals surface area (Å²) in [5, 5.41) is 2.30. The molecule has 3 aromatic rings. The minimum atomic E-state index is -3.37. The van der Waals surface area contributed by atoms with E-state index in [0.717, 1.165) is 23.9 Å². The van der Waals surface area contributed by atoms with Crippen molar-refractivity contribution in [3.05, 3.63) is 48.0 Å². The number of nitrogens with zero attached hydrogens (tertiary/aromatic N) is 1. The maximum atomic E-state index is 13.5. The molecule has 0 radical (unpaired) electrons. The Morgan fingerprint density at radius 1 is 1.22 bits per heavy atom. The van der Waals surface area contributed by atoms with Crippen molar-refractivity contribution in [2.45, 2.75) is 17.0 Å². The summed E-state index contributed by atoms with van der Waals surface area (Å²) in [6.07, 6.45) is 0. The third-order valence-electron chi connectivity index (χ3n) is 3.63. The van der Waals surface area contributed by atoms with E-state index < -0.39 is 33.1 Å². The Morgan fingerprint density at radius 3 is 2.59 bits per heavy atom. The van der Waals surface area contributed by atoms with Gasteiger partial charge in [-0.25, -0.2) is 22.2 Å². The molecule has 0 bridgehead atoms. The van der Waals surface area contributed by atoms with Crippen molar-refractivity contribution >= 4 is 44.3 Å². The Hall–Kier alpha value is -2.46. The van der Waals surface area contributed by atoms with Gasteiger partial charge in [-0.3, -0.25) is 4.79 Å². The molecule has 1 amide bonds. The van der Waals surface area contributed by atoms with E-state index in [4.69, 9.17) is 4.42 Å². The Labute approximate surface area is 157 Å². The number of para-hydroxylation sites is 1. The molecule has 27 heavy (non-hydrogen) atoms. The normalized spacial score (nSPS) is 11.7. The summed E-state index contributed by atoms with van der Waals surface area (Å²) < 4.78 is 56.4. The first-order valence-corrected chi connectivity index (χ1v) is 10.4. The molecule has 0 aliphatic rings. The van der Waals surface area contributed by atoms with Gasteiger partial charge in [0.2, 0.25) is 5.91 Å². The zero-order valence-electron chi connectivity index (χ0n) is 14.0. The van der Waals surface area contributed by atoms with Crippen molar-refractivity contribution in [3.8, 4) is 0 Å². The monoisotopic (exact) mass is 412 g/mol. The fourth-order valence-corrected chi connectivity index (χ4v) is 3.77. The van der Waals surface area contributed by atoms with Gasteiger partial charge in [-0.05, 0) is 30.3 Å². The molecular weight excluding hydrogens is 398 g/mol. The van der Waals surface area contributed by atoms with Crippen LogP contribution in [0.1, 0.15) is 6.92 Å². The van der Waals surface area contributed by atoms with Gasteiger partial charge in [0.05, 0.1) is 16.4 Å². The molecule has 0 aliphatic heterocycles. The van der Waals surface area contributed by atoms with E-state index in [1.54, 1.807) is 6.92 Å². The summed E-state index contributed by atoms with van der Waals surface area (Å²) >= 11 is 0.920. The second-order valence-electron chi connectivity index (χ2n) is 5.45. The number of amides is 1. The average molecular weight is 412 g/mol. The number of carbonyl (C=O) groups excluding carboxylic acids is 1. The topological polar surface area (TPSA) is 89.3 Å². The van der Waals surface area contributed by atoms with Crippen LogP contribution in [-0.2, 0) is 14.6 Å². The lowest BCUT2D eigenvalue weighted by atomic mass is 10.3. The molecule has 6 nitrogen and oxygen atoms in total. The molecule has 0 saturated carbocycles. The molecule has 2 aromatic carbocycles. The number of fused-ring (bicyclic) bond motifs is 1. The highest BCUT2D eigenvalue weighted by Gasteiger charge is 2.16. The summed E-state index contributed by atoms with van der Waals surface area (Å²) in [6, 6.07) is 7.58. The van der Waals surface area contributed by atoms with Gasteiger partial charge in [0.15, 0.2) is 15.4 Å². The Morgan fingerprint density at radius 2 is 1.93 bits per heavy atom. The van der Waals surface area contributed by atoms with E-state index in [1.807, 2.05) is 0 Å². The van der Waals surface area contributed by atoms with Gasteiger partial charge in [-0.15, -0.1) is 0 Å². The zero-order valence-corrected chi connectivity index (χ0v) is 15.7. The van der Waals surface area contributed by atoms with Gasteiger partial charge in [-0.1, -0.05) is 24.8 Å². The summed E-state index contributed by atoms with van der Waals surface area (Å²) in [5.41, 5.74) is 0.191. The van der Waals surface area contributed by atoms with E-state index in [-0.39, 0.29) is 21.6 Å². The van der Waals surface area contributed by atoms with Crippen LogP contribution in [0.5, 0.6) is 0 Å². The first-order valence-electron chi connectivity index (χ1n) is 7.80. The van der Waals surface area contributed by atoms with Crippen LogP contribution in [0.3, 0.4) is 0 Å². The number of rotatable bonds is 6. The van der Waals surface area contributed by atoms with Crippen LogP contribution in [0.4, 0.5) is 14.5 Å². The third-order valence-corrected chi connectivity index (χ3v) is 6.19. The van der Waals surface area contributed by atoms with Gasteiger partial charge in [-0.2, -0.15) is 0 Å². The summed E-state index contributed by atoms with van der Waals surface area (Å²) in [5.74, 6) is -2.62. The Kier molecular flexibility index (Phi) is 5.47. The minimum Gasteiger partial charge on any atom is -0.431 e. The molecule has 0 aliphatic carbocycles. The van der Waals surface area contributed by atoms with Crippen molar-refractivity contribution in [2.24, 2.45) is 0 Å². The number of halogens is 2. The summed E-state index contributed by atoms with van der Waals surface area (Å²) in [7, 11) is -3.37. The number of thioether (sulfide) groups is 1. The van der Waals surface area contributed by atoms with Crippen molar-refractivity contribution < 1.29 is 26.4 Å². The molecule has 1 N–H and O–H groups in total. The van der Waals surface area contributed by atoms with Crippen molar-refractivity contribution in [2.75, 3.05) is 16.8 Å². The quantitative estimate of drug-likeness (QED) is 0.622. The lowest BCUT2D eigenvalue weighted by molar-refractivity contribution is -0.113. The van der Waals surface area contributed by atoms with Crippen LogP contribution in [0.15, 0.2) is 50.9 Å². The van der Waals surface area contributed by atoms with Gasteiger partial charge in [0.1, 0.15) is 22.8 Å². The Balaban J connectivity index is 1.71. The average Bonchev–Trinajstić information content (AvgIpc) is 3.05. The number of carbonyl (C=O) groups is 1. The molecule has 1 heterocycles. The lowest BCUT2D eigenvalue weighted by Gasteiger charge is -2.06. The van der Waals surface area contributed by atoms with E-state index in [1.165, 1.54) is 24.3 Å². The highest BCUT2D eigenvalue weighted by atomic mass is 32.2. The second kappa shape index (κ2) is 7.65. The van der Waals surface area contributed by atoms with E-state index >= 15 is 0 Å². The first-order chi connectivity index (χ1) is 12.8. The van der Waals surface area contributed by atoms with E-state index in [0.29, 0.717) is 11.1 Å². The maximum absolute atomic E-state index is 13.5. The van der Waals surface area contributed by atoms with Crippen molar-refractivity contribution in [1.29, 1.82) is 0 Å². The molecular formula is C17H14F2N2O4S2. The third kappa shape index (κ3) is 4.28. The minimum absolute atomic E-state index is 0.0370. The molecule has 0 atom stereocenters. The number of aromatic nitrogens is 1. The zero-order chi connectivity index (χ0) is 19.6. The van der Waals surface area contributed by atoms with Crippen LogP contribution in [0, 0.1) is 11.6 Å². The molecule has 0 saturated heterocycles. The second-order valence-corrected chi connectivity index (χ2v) is 8.65. The summed E-state index contributed by atoms with van der Waals surface area (Å²) in [6.45, 7) is 1.54. The largest absolute Gasteiger partial charge is 0.431 e. The van der Waals surface area contributed by atoms with Gasteiger partial charge >= 0.3 is 0 Å². The maximum Gasteiger partial charge on any atom is 0.257 e. The van der Waals surface area contributed by atoms with Crippen LogP contribution in [-0.4, -0.2) is 30.8 Å². The standard InChI is InChI=1S/C17H14F2N2O4S2/c1-2-27(23,24)10-6-7-14-13(8-10)20-17(25-14)26-9-15(22)21-16-11(18)4-3-5-12(16)19/h3-8H,2,9H2,1H3,(H,21,22). The number of sulfone groups is 1. The molecule has 0 unspecified atom stereocenters. The lowest BCUT2D eigenvalue weighted by Crippen LogP contribution is -2.16. The van der Waals surface area contributed by atoms with E-state index in [2.05, 4.69) is 10.3 Å². The molecule has 142 valence electrons. The fourth-order valence-electron chi connectivity index (χ4n) is 2.23. The number of nitrogens with one attached hydrogen (secondary N) is 1. The van der Waals surface area contributed by atoms with Gasteiger partial charge < -0.3 is 9.73 Å². The highest BCUT2D eigenvalue weighted by molar-refractivity contribution is 7.99. The predicted molar refractivity (Wildman–Crippen MR) is 97.4 cm³/mol. The highest BCUT2D eigenvalue weighted by Crippen LogP contribution is 2.26. The van der Waals surface area contributed by atoms with Gasteiger partial charge in [0, 0.05) is 0 Å². The van der Waals surface area contributed by atoms with Crippen LogP contribution < -0.4 is 5.32 Å². The fraction of sp³-hybridized carbons (Fsp3) is 0.176. The van der Waals surface area contributed by atoms with Crippen molar-refractivity contribution in [3.63, 3.8) is 0 Å². The smallest absolute Gasteiger partial charge is 0.257 e. The molecule has 10 heteroatoms. The van der Waals surface area contributed by atoms with E-state index in [9.17, 15) is 22.0 Å². The number of hydrogen-bond donors (Lipinski definition) is 1. The Bertz CT molecular complexity index is 1090. The number of hydrogen-bond acceptors (Lipinski definition) is 6. The van der Waals surface area contributed by atoms with Gasteiger partial charge in [0.25, 0.3) is 5.22 Å². The van der Waals surface area contributed by atoms with Crippen LogP contribution in [0.25, 0.3) is 11.1 Å². The molecule has 1 aromatic heterocycles.